The van der Waals surface area contributed by atoms with E-state index in [0.29, 0.717) is 18.0 Å². The van der Waals surface area contributed by atoms with E-state index in [-0.39, 0.29) is 11.9 Å². The van der Waals surface area contributed by atoms with Crippen molar-refractivity contribution in [2.45, 2.75) is 19.4 Å². The fourth-order valence-electron chi connectivity index (χ4n) is 1.83. The lowest BCUT2D eigenvalue weighted by Gasteiger charge is -2.19. The molecule has 3 nitrogen and oxygen atoms in total. The van der Waals surface area contributed by atoms with Gasteiger partial charge in [0.05, 0.1) is 6.04 Å². The number of nitrogens with zero attached hydrogens (tertiary/aromatic N) is 1. The second kappa shape index (κ2) is 3.83. The van der Waals surface area contributed by atoms with Crippen molar-refractivity contribution in [3.05, 3.63) is 28.8 Å². The fourth-order valence-corrected chi connectivity index (χ4v) is 2.00. The first-order valence-corrected chi connectivity index (χ1v) is 5.31. The van der Waals surface area contributed by atoms with E-state index < -0.39 is 0 Å². The van der Waals surface area contributed by atoms with Gasteiger partial charge in [0.2, 0.25) is 5.91 Å². The summed E-state index contributed by atoms with van der Waals surface area (Å²) in [5.74, 6) is -0.0135. The number of anilines is 1. The minimum absolute atomic E-state index is 0.0135. The van der Waals surface area contributed by atoms with Gasteiger partial charge in [0, 0.05) is 17.3 Å². The van der Waals surface area contributed by atoms with Gasteiger partial charge in [-0.15, -0.1) is 0 Å². The highest BCUT2D eigenvalue weighted by Gasteiger charge is 2.30. The van der Waals surface area contributed by atoms with E-state index in [1.54, 1.807) is 4.90 Å². The molecule has 1 aromatic rings. The maximum absolute atomic E-state index is 11.7. The minimum atomic E-state index is -0.358. The normalized spacial score (nSPS) is 21.1. The molecule has 0 saturated carbocycles. The Labute approximate surface area is 93.8 Å². The van der Waals surface area contributed by atoms with Crippen LogP contribution < -0.4 is 10.6 Å². The van der Waals surface area contributed by atoms with Crippen molar-refractivity contribution < 1.29 is 4.79 Å². The van der Waals surface area contributed by atoms with E-state index in [0.717, 1.165) is 11.3 Å². The molecule has 0 spiro atoms. The highest BCUT2D eigenvalue weighted by atomic mass is 35.5. The first-order valence-electron chi connectivity index (χ1n) is 4.93. The average Bonchev–Trinajstić information content (AvgIpc) is 2.53. The van der Waals surface area contributed by atoms with Crippen LogP contribution in [-0.2, 0) is 4.79 Å². The first-order chi connectivity index (χ1) is 7.11. The van der Waals surface area contributed by atoms with Gasteiger partial charge in [0.15, 0.2) is 0 Å². The van der Waals surface area contributed by atoms with Crippen molar-refractivity contribution in [3.63, 3.8) is 0 Å². The van der Waals surface area contributed by atoms with Crippen molar-refractivity contribution in [2.75, 3.05) is 11.4 Å². The Morgan fingerprint density at radius 1 is 1.53 bits per heavy atom. The molecule has 0 aliphatic carbocycles. The molecular formula is C11H13ClN2O. The molecule has 15 heavy (non-hydrogen) atoms. The monoisotopic (exact) mass is 224 g/mol. The number of halogens is 1. The number of hydrogen-bond acceptors (Lipinski definition) is 2. The number of hydrogen-bond donors (Lipinski definition) is 1. The standard InChI is InChI=1S/C11H13ClN2O/c1-7-8(12)3-2-4-10(7)14-6-5-9(13)11(14)15/h2-4,9H,5-6,13H2,1H3. The Morgan fingerprint density at radius 2 is 2.27 bits per heavy atom. The van der Waals surface area contributed by atoms with Crippen LogP contribution in [0.4, 0.5) is 5.69 Å². The smallest absolute Gasteiger partial charge is 0.243 e. The van der Waals surface area contributed by atoms with Gasteiger partial charge in [-0.3, -0.25) is 4.79 Å². The number of benzene rings is 1. The molecule has 1 aromatic carbocycles. The van der Waals surface area contributed by atoms with Crippen molar-refractivity contribution in [2.24, 2.45) is 5.73 Å². The average molecular weight is 225 g/mol. The fraction of sp³-hybridized carbons (Fsp3) is 0.364. The summed E-state index contributed by atoms with van der Waals surface area (Å²) in [5, 5.41) is 0.681. The Hall–Kier alpha value is -1.06. The lowest BCUT2D eigenvalue weighted by Crippen LogP contribution is -2.34. The second-order valence-corrected chi connectivity index (χ2v) is 4.18. The molecule has 1 aliphatic rings. The van der Waals surface area contributed by atoms with E-state index in [2.05, 4.69) is 0 Å². The highest BCUT2D eigenvalue weighted by molar-refractivity contribution is 6.31. The Kier molecular flexibility index (Phi) is 2.67. The van der Waals surface area contributed by atoms with Gasteiger partial charge in [-0.05, 0) is 31.0 Å². The summed E-state index contributed by atoms with van der Waals surface area (Å²) >= 11 is 6.01. The molecule has 1 saturated heterocycles. The summed E-state index contributed by atoms with van der Waals surface area (Å²) in [6.45, 7) is 2.59. The Bertz CT molecular complexity index is 406. The summed E-state index contributed by atoms with van der Waals surface area (Å²) in [4.78, 5) is 13.4. The summed E-state index contributed by atoms with van der Waals surface area (Å²) < 4.78 is 0. The van der Waals surface area contributed by atoms with E-state index in [4.69, 9.17) is 17.3 Å². The third-order valence-corrected chi connectivity index (χ3v) is 3.19. The van der Waals surface area contributed by atoms with Crippen LogP contribution in [0.2, 0.25) is 5.02 Å². The molecule has 0 aromatic heterocycles. The molecule has 0 radical (unpaired) electrons. The lowest BCUT2D eigenvalue weighted by atomic mass is 10.2. The summed E-state index contributed by atoms with van der Waals surface area (Å²) in [6, 6.07) is 5.21. The first kappa shape index (κ1) is 10.5. The third kappa shape index (κ3) is 1.73. The van der Waals surface area contributed by atoms with Crippen LogP contribution in [0.3, 0.4) is 0 Å². The van der Waals surface area contributed by atoms with E-state index in [1.165, 1.54) is 0 Å². The van der Waals surface area contributed by atoms with Gasteiger partial charge >= 0.3 is 0 Å². The summed E-state index contributed by atoms with van der Waals surface area (Å²) in [5.41, 5.74) is 7.48. The molecule has 1 atom stereocenters. The van der Waals surface area contributed by atoms with E-state index in [1.807, 2.05) is 25.1 Å². The zero-order chi connectivity index (χ0) is 11.0. The van der Waals surface area contributed by atoms with E-state index >= 15 is 0 Å². The molecular weight excluding hydrogens is 212 g/mol. The third-order valence-electron chi connectivity index (χ3n) is 2.78. The molecule has 1 aliphatic heterocycles. The summed E-state index contributed by atoms with van der Waals surface area (Å²) in [7, 11) is 0. The van der Waals surface area contributed by atoms with Gasteiger partial charge in [-0.25, -0.2) is 0 Å². The number of carbonyl (C=O) groups is 1. The SMILES string of the molecule is Cc1c(Cl)cccc1N1CCC(N)C1=O. The van der Waals surface area contributed by atoms with E-state index in [9.17, 15) is 4.79 Å². The topological polar surface area (TPSA) is 46.3 Å². The van der Waals surface area contributed by atoms with Crippen molar-refractivity contribution in [3.8, 4) is 0 Å². The minimum Gasteiger partial charge on any atom is -0.320 e. The molecule has 4 heteroatoms. The molecule has 0 bridgehead atoms. The number of rotatable bonds is 1. The maximum Gasteiger partial charge on any atom is 0.243 e. The number of nitrogens with two attached hydrogens (primary N) is 1. The van der Waals surface area contributed by atoms with Crippen LogP contribution in [0.15, 0.2) is 18.2 Å². The van der Waals surface area contributed by atoms with Crippen molar-refractivity contribution in [1.29, 1.82) is 0 Å². The molecule has 1 fully saturated rings. The molecule has 1 amide bonds. The number of carbonyl (C=O) groups excluding carboxylic acids is 1. The largest absolute Gasteiger partial charge is 0.320 e. The zero-order valence-corrected chi connectivity index (χ0v) is 9.29. The Balaban J connectivity index is 2.38. The van der Waals surface area contributed by atoms with Crippen LogP contribution >= 0.6 is 11.6 Å². The van der Waals surface area contributed by atoms with Crippen LogP contribution in [0, 0.1) is 6.92 Å². The van der Waals surface area contributed by atoms with Crippen molar-refractivity contribution >= 4 is 23.2 Å². The molecule has 80 valence electrons. The van der Waals surface area contributed by atoms with Gasteiger partial charge in [-0.2, -0.15) is 0 Å². The molecule has 1 heterocycles. The van der Waals surface area contributed by atoms with Crippen molar-refractivity contribution in [1.82, 2.24) is 0 Å². The predicted octanol–water partition coefficient (Wildman–Crippen LogP) is 1.71. The van der Waals surface area contributed by atoms with Crippen LogP contribution in [0.1, 0.15) is 12.0 Å². The lowest BCUT2D eigenvalue weighted by molar-refractivity contribution is -0.118. The second-order valence-electron chi connectivity index (χ2n) is 3.77. The van der Waals surface area contributed by atoms with Gasteiger partial charge in [0.1, 0.15) is 0 Å². The summed E-state index contributed by atoms with van der Waals surface area (Å²) in [6.07, 6.45) is 0.713. The predicted molar refractivity (Wildman–Crippen MR) is 61.1 cm³/mol. The van der Waals surface area contributed by atoms with Gasteiger partial charge in [0.25, 0.3) is 0 Å². The highest BCUT2D eigenvalue weighted by Crippen LogP contribution is 2.29. The van der Waals surface area contributed by atoms with Crippen LogP contribution in [0.5, 0.6) is 0 Å². The quantitative estimate of drug-likeness (QED) is 0.790. The van der Waals surface area contributed by atoms with Gasteiger partial charge < -0.3 is 10.6 Å². The number of amides is 1. The van der Waals surface area contributed by atoms with Crippen LogP contribution in [-0.4, -0.2) is 18.5 Å². The molecule has 2 N–H and O–H groups in total. The zero-order valence-electron chi connectivity index (χ0n) is 8.53. The molecule has 1 unspecified atom stereocenters. The maximum atomic E-state index is 11.7. The Morgan fingerprint density at radius 3 is 2.87 bits per heavy atom. The van der Waals surface area contributed by atoms with Gasteiger partial charge in [-0.1, -0.05) is 17.7 Å². The molecule has 2 rings (SSSR count). The van der Waals surface area contributed by atoms with Crippen LogP contribution in [0.25, 0.3) is 0 Å².